The topological polar surface area (TPSA) is 47.6 Å². The lowest BCUT2D eigenvalue weighted by Gasteiger charge is -2.11. The second kappa shape index (κ2) is 10.3. The second-order valence-electron chi connectivity index (χ2n) is 7.30. The fraction of sp³-hybridized carbons (Fsp3) is 0.240. The lowest BCUT2D eigenvalue weighted by molar-refractivity contribution is 0.102. The molecule has 1 N–H and O–H groups in total. The van der Waals surface area contributed by atoms with Gasteiger partial charge in [-0.05, 0) is 53.9 Å². The molecule has 0 saturated carbocycles. The first-order chi connectivity index (χ1) is 14.1. The third kappa shape index (κ3) is 6.68. The molecule has 0 fully saturated rings. The molecule has 3 rings (SSSR count). The lowest BCUT2D eigenvalue weighted by Crippen LogP contribution is -2.12. The Morgan fingerprint density at radius 2 is 1.62 bits per heavy atom. The van der Waals surface area contributed by atoms with Gasteiger partial charge in [-0.15, -0.1) is 0 Å². The summed E-state index contributed by atoms with van der Waals surface area (Å²) in [5.74, 6) is 1.75. The second-order valence-corrected chi connectivity index (χ2v) is 7.30. The SMILES string of the molecule is CC(C)COc1cccc(C(=O)Nc2ccc(OCCc3ccccc3)cc2)c1. The van der Waals surface area contributed by atoms with Crippen molar-refractivity contribution in [2.45, 2.75) is 20.3 Å². The molecule has 0 aliphatic rings. The predicted octanol–water partition coefficient (Wildman–Crippen LogP) is 5.60. The van der Waals surface area contributed by atoms with Gasteiger partial charge in [-0.1, -0.05) is 50.2 Å². The quantitative estimate of drug-likeness (QED) is 0.518. The van der Waals surface area contributed by atoms with Gasteiger partial charge in [0.15, 0.2) is 0 Å². The molecule has 0 unspecified atom stereocenters. The first-order valence-electron chi connectivity index (χ1n) is 9.91. The molecule has 1 amide bonds. The average Bonchev–Trinajstić information content (AvgIpc) is 2.74. The van der Waals surface area contributed by atoms with Crippen molar-refractivity contribution < 1.29 is 14.3 Å². The van der Waals surface area contributed by atoms with Crippen LogP contribution in [-0.2, 0) is 6.42 Å². The number of hydrogen-bond donors (Lipinski definition) is 1. The Labute approximate surface area is 172 Å². The van der Waals surface area contributed by atoms with E-state index in [2.05, 4.69) is 31.3 Å². The smallest absolute Gasteiger partial charge is 0.255 e. The summed E-state index contributed by atoms with van der Waals surface area (Å²) < 4.78 is 11.5. The Bertz CT molecular complexity index is 905. The maximum atomic E-state index is 12.5. The summed E-state index contributed by atoms with van der Waals surface area (Å²) in [7, 11) is 0. The van der Waals surface area contributed by atoms with Gasteiger partial charge in [0.1, 0.15) is 11.5 Å². The van der Waals surface area contributed by atoms with Crippen LogP contribution < -0.4 is 14.8 Å². The largest absolute Gasteiger partial charge is 0.493 e. The van der Waals surface area contributed by atoms with Gasteiger partial charge in [-0.3, -0.25) is 4.79 Å². The van der Waals surface area contributed by atoms with Crippen molar-refractivity contribution in [3.8, 4) is 11.5 Å². The molecule has 29 heavy (non-hydrogen) atoms. The van der Waals surface area contributed by atoms with Gasteiger partial charge in [0.25, 0.3) is 5.91 Å². The summed E-state index contributed by atoms with van der Waals surface area (Å²) in [6, 6.07) is 24.9. The van der Waals surface area contributed by atoms with Crippen LogP contribution in [0.2, 0.25) is 0 Å². The Balaban J connectivity index is 1.51. The lowest BCUT2D eigenvalue weighted by atomic mass is 10.2. The van der Waals surface area contributed by atoms with Crippen LogP contribution in [0.25, 0.3) is 0 Å². The first-order valence-corrected chi connectivity index (χ1v) is 9.91. The highest BCUT2D eigenvalue weighted by Crippen LogP contribution is 2.19. The molecular weight excluding hydrogens is 362 g/mol. The highest BCUT2D eigenvalue weighted by atomic mass is 16.5. The summed E-state index contributed by atoms with van der Waals surface area (Å²) in [4.78, 5) is 12.5. The molecule has 0 heterocycles. The fourth-order valence-electron chi connectivity index (χ4n) is 2.76. The van der Waals surface area contributed by atoms with Gasteiger partial charge < -0.3 is 14.8 Å². The predicted molar refractivity (Wildman–Crippen MR) is 117 cm³/mol. The van der Waals surface area contributed by atoms with Crippen molar-refractivity contribution in [2.75, 3.05) is 18.5 Å². The van der Waals surface area contributed by atoms with Crippen LogP contribution in [0.4, 0.5) is 5.69 Å². The van der Waals surface area contributed by atoms with E-state index < -0.39 is 0 Å². The molecule has 0 saturated heterocycles. The zero-order valence-corrected chi connectivity index (χ0v) is 16.9. The Morgan fingerprint density at radius 3 is 2.34 bits per heavy atom. The molecule has 4 heteroatoms. The number of carbonyl (C=O) groups excluding carboxylic acids is 1. The molecule has 0 bridgehead atoms. The Kier molecular flexibility index (Phi) is 7.28. The van der Waals surface area contributed by atoms with Crippen LogP contribution in [0.5, 0.6) is 11.5 Å². The van der Waals surface area contributed by atoms with E-state index in [1.54, 1.807) is 12.1 Å². The zero-order valence-electron chi connectivity index (χ0n) is 16.9. The number of ether oxygens (including phenoxy) is 2. The summed E-state index contributed by atoms with van der Waals surface area (Å²) in [6.07, 6.45) is 0.856. The van der Waals surface area contributed by atoms with Gasteiger partial charge in [-0.25, -0.2) is 0 Å². The van der Waals surface area contributed by atoms with E-state index in [9.17, 15) is 4.79 Å². The van der Waals surface area contributed by atoms with E-state index >= 15 is 0 Å². The van der Waals surface area contributed by atoms with E-state index in [1.165, 1.54) is 5.56 Å². The van der Waals surface area contributed by atoms with Gasteiger partial charge in [0.2, 0.25) is 0 Å². The molecule has 3 aromatic rings. The number of nitrogens with one attached hydrogen (secondary N) is 1. The molecule has 0 aliphatic heterocycles. The molecule has 0 radical (unpaired) electrons. The molecule has 150 valence electrons. The van der Waals surface area contributed by atoms with Crippen LogP contribution in [0.15, 0.2) is 78.9 Å². The first kappa shape index (κ1) is 20.5. The minimum Gasteiger partial charge on any atom is -0.493 e. The highest BCUT2D eigenvalue weighted by Gasteiger charge is 2.08. The van der Waals surface area contributed by atoms with Crippen LogP contribution in [0.1, 0.15) is 29.8 Å². The Morgan fingerprint density at radius 1 is 0.862 bits per heavy atom. The minimum atomic E-state index is -0.169. The molecule has 3 aromatic carbocycles. The Hall–Kier alpha value is -3.27. The van der Waals surface area contributed by atoms with Gasteiger partial charge in [-0.2, -0.15) is 0 Å². The van der Waals surface area contributed by atoms with Crippen molar-refractivity contribution in [1.82, 2.24) is 0 Å². The van der Waals surface area contributed by atoms with E-state index in [0.29, 0.717) is 30.4 Å². The van der Waals surface area contributed by atoms with Crippen molar-refractivity contribution in [1.29, 1.82) is 0 Å². The number of amides is 1. The maximum Gasteiger partial charge on any atom is 0.255 e. The van der Waals surface area contributed by atoms with Crippen LogP contribution in [0, 0.1) is 5.92 Å². The van der Waals surface area contributed by atoms with E-state index in [0.717, 1.165) is 17.9 Å². The third-order valence-electron chi connectivity index (χ3n) is 4.29. The maximum absolute atomic E-state index is 12.5. The summed E-state index contributed by atoms with van der Waals surface area (Å²) in [5, 5.41) is 2.91. The average molecular weight is 389 g/mol. The van der Waals surface area contributed by atoms with E-state index in [-0.39, 0.29) is 5.91 Å². The fourth-order valence-corrected chi connectivity index (χ4v) is 2.76. The summed E-state index contributed by atoms with van der Waals surface area (Å²) in [5.41, 5.74) is 2.53. The van der Waals surface area contributed by atoms with Crippen LogP contribution >= 0.6 is 0 Å². The molecule has 0 spiro atoms. The molecule has 4 nitrogen and oxygen atoms in total. The normalized spacial score (nSPS) is 10.6. The highest BCUT2D eigenvalue weighted by molar-refractivity contribution is 6.04. The van der Waals surface area contributed by atoms with Gasteiger partial charge in [0.05, 0.1) is 13.2 Å². The molecular formula is C25H27NO3. The van der Waals surface area contributed by atoms with Crippen molar-refractivity contribution in [2.24, 2.45) is 5.92 Å². The van der Waals surface area contributed by atoms with Crippen molar-refractivity contribution in [3.63, 3.8) is 0 Å². The number of benzene rings is 3. The monoisotopic (exact) mass is 389 g/mol. The molecule has 0 aromatic heterocycles. The van der Waals surface area contributed by atoms with Crippen LogP contribution in [-0.4, -0.2) is 19.1 Å². The number of hydrogen-bond acceptors (Lipinski definition) is 3. The summed E-state index contributed by atoms with van der Waals surface area (Å²) in [6.45, 7) is 5.41. The minimum absolute atomic E-state index is 0.169. The van der Waals surface area contributed by atoms with Gasteiger partial charge in [0, 0.05) is 17.7 Å². The number of anilines is 1. The molecule has 0 atom stereocenters. The van der Waals surface area contributed by atoms with Gasteiger partial charge >= 0.3 is 0 Å². The van der Waals surface area contributed by atoms with Crippen molar-refractivity contribution in [3.05, 3.63) is 90.0 Å². The zero-order chi connectivity index (χ0) is 20.5. The standard InChI is InChI=1S/C25H27NO3/c1-19(2)18-29-24-10-6-9-21(17-24)25(27)26-22-11-13-23(14-12-22)28-16-15-20-7-4-3-5-8-20/h3-14,17,19H,15-16,18H2,1-2H3,(H,26,27). The molecule has 0 aliphatic carbocycles. The third-order valence-corrected chi connectivity index (χ3v) is 4.29. The van der Waals surface area contributed by atoms with E-state index in [1.807, 2.05) is 54.6 Å². The van der Waals surface area contributed by atoms with E-state index in [4.69, 9.17) is 9.47 Å². The van der Waals surface area contributed by atoms with Crippen molar-refractivity contribution >= 4 is 11.6 Å². The van der Waals surface area contributed by atoms with Crippen LogP contribution in [0.3, 0.4) is 0 Å². The number of carbonyl (C=O) groups is 1. The summed E-state index contributed by atoms with van der Waals surface area (Å²) >= 11 is 0. The number of rotatable bonds is 9.